The molecular weight excluding hydrogens is 344 g/mol. The van der Waals surface area contributed by atoms with Crippen LogP contribution in [0.4, 0.5) is 5.82 Å². The minimum absolute atomic E-state index is 0.218. The molecule has 4 rings (SSSR count). The normalized spacial score (nSPS) is 17.2. The van der Waals surface area contributed by atoms with Gasteiger partial charge in [-0.15, -0.1) is 10.2 Å². The number of carbonyl (C=O) groups excluding carboxylic acids is 1. The molecule has 4 heterocycles. The molecule has 0 aliphatic carbocycles. The Hall–Kier alpha value is -3.23. The summed E-state index contributed by atoms with van der Waals surface area (Å²) in [7, 11) is 2.00. The summed E-state index contributed by atoms with van der Waals surface area (Å²) in [6, 6.07) is 3.45. The number of nitrogens with two attached hydrogens (primary N) is 1. The van der Waals surface area contributed by atoms with Crippen molar-refractivity contribution in [3.63, 3.8) is 0 Å². The van der Waals surface area contributed by atoms with Gasteiger partial charge in [0.15, 0.2) is 5.82 Å². The molecule has 1 fully saturated rings. The van der Waals surface area contributed by atoms with Crippen LogP contribution in [0.1, 0.15) is 40.8 Å². The van der Waals surface area contributed by atoms with E-state index in [1.807, 2.05) is 17.8 Å². The van der Waals surface area contributed by atoms with E-state index >= 15 is 0 Å². The maximum atomic E-state index is 11.7. The van der Waals surface area contributed by atoms with Gasteiger partial charge >= 0.3 is 0 Å². The summed E-state index contributed by atoms with van der Waals surface area (Å²) in [5.74, 6) is 2.25. The molecule has 2 N–H and O–H groups in total. The van der Waals surface area contributed by atoms with E-state index in [0.717, 1.165) is 37.6 Å². The summed E-state index contributed by atoms with van der Waals surface area (Å²) in [6.45, 7) is 2.20. The number of hydrogen-bond donors (Lipinski definition) is 1. The van der Waals surface area contributed by atoms with Gasteiger partial charge in [0.1, 0.15) is 11.6 Å². The van der Waals surface area contributed by atoms with Gasteiger partial charge in [-0.25, -0.2) is 9.97 Å². The molecular formula is C18H22N8O. The smallest absolute Gasteiger partial charge is 0.252 e. The average Bonchev–Trinajstić information content (AvgIpc) is 3.33. The molecule has 1 aliphatic heterocycles. The van der Waals surface area contributed by atoms with E-state index in [-0.39, 0.29) is 5.92 Å². The highest BCUT2D eigenvalue weighted by Crippen LogP contribution is 2.29. The molecule has 3 aromatic rings. The number of nitrogens with zero attached hydrogens (tertiary/aromatic N) is 7. The maximum Gasteiger partial charge on any atom is 0.252 e. The highest BCUT2D eigenvalue weighted by Gasteiger charge is 2.28. The second-order valence-corrected chi connectivity index (χ2v) is 6.79. The van der Waals surface area contributed by atoms with Crippen LogP contribution in [0.3, 0.4) is 0 Å². The third-order valence-corrected chi connectivity index (χ3v) is 5.02. The van der Waals surface area contributed by atoms with Crippen molar-refractivity contribution in [1.82, 2.24) is 29.3 Å². The number of imidazole rings is 1. The van der Waals surface area contributed by atoms with Crippen LogP contribution in [-0.4, -0.2) is 48.3 Å². The van der Waals surface area contributed by atoms with Gasteiger partial charge in [0.2, 0.25) is 0 Å². The first-order chi connectivity index (χ1) is 13.1. The van der Waals surface area contributed by atoms with Crippen molar-refractivity contribution in [2.75, 3.05) is 18.0 Å². The molecule has 1 unspecified atom stereocenters. The van der Waals surface area contributed by atoms with Crippen LogP contribution in [0.2, 0.25) is 0 Å². The van der Waals surface area contributed by atoms with Gasteiger partial charge in [-0.2, -0.15) is 0 Å². The van der Waals surface area contributed by atoms with Crippen molar-refractivity contribution in [2.24, 2.45) is 12.8 Å². The minimum atomic E-state index is -0.457. The van der Waals surface area contributed by atoms with E-state index in [9.17, 15) is 4.79 Å². The number of hydrogen-bond acceptors (Lipinski definition) is 6. The van der Waals surface area contributed by atoms with Crippen LogP contribution >= 0.6 is 0 Å². The number of aromatic nitrogens is 6. The molecule has 0 bridgehead atoms. The molecule has 3 aromatic heterocycles. The van der Waals surface area contributed by atoms with Crippen LogP contribution < -0.4 is 10.6 Å². The van der Waals surface area contributed by atoms with Crippen molar-refractivity contribution in [3.05, 3.63) is 54.3 Å². The molecule has 1 aliphatic rings. The van der Waals surface area contributed by atoms with Crippen LogP contribution in [-0.2, 0) is 13.6 Å². The Balaban J connectivity index is 1.56. The van der Waals surface area contributed by atoms with Gasteiger partial charge < -0.3 is 19.8 Å². The van der Waals surface area contributed by atoms with Crippen LogP contribution in [0.15, 0.2) is 37.1 Å². The van der Waals surface area contributed by atoms with E-state index in [0.29, 0.717) is 17.9 Å². The maximum absolute atomic E-state index is 11.7. The van der Waals surface area contributed by atoms with Crippen molar-refractivity contribution in [2.45, 2.75) is 25.3 Å². The van der Waals surface area contributed by atoms with Gasteiger partial charge in [0, 0.05) is 44.6 Å². The summed E-state index contributed by atoms with van der Waals surface area (Å²) < 4.78 is 4.02. The molecule has 27 heavy (non-hydrogen) atoms. The molecule has 0 saturated carbocycles. The highest BCUT2D eigenvalue weighted by atomic mass is 16.1. The minimum Gasteiger partial charge on any atom is -0.365 e. The van der Waals surface area contributed by atoms with Crippen molar-refractivity contribution in [3.8, 4) is 0 Å². The van der Waals surface area contributed by atoms with E-state index in [2.05, 4.69) is 29.6 Å². The Kier molecular flexibility index (Phi) is 4.57. The Morgan fingerprint density at radius 1 is 1.33 bits per heavy atom. The van der Waals surface area contributed by atoms with Gasteiger partial charge in [-0.05, 0) is 25.0 Å². The summed E-state index contributed by atoms with van der Waals surface area (Å²) >= 11 is 0. The lowest BCUT2D eigenvalue weighted by atomic mass is 9.96. The number of anilines is 1. The number of amides is 1. The number of piperidine rings is 1. The SMILES string of the molecule is Cn1c(Cn2ccnc2)nnc1C1CCCN(c2ncccc2C(N)=O)C1. The highest BCUT2D eigenvalue weighted by molar-refractivity contribution is 5.97. The monoisotopic (exact) mass is 366 g/mol. The van der Waals surface area contributed by atoms with E-state index in [1.165, 1.54) is 0 Å². The first-order valence-corrected chi connectivity index (χ1v) is 8.97. The second kappa shape index (κ2) is 7.18. The summed E-state index contributed by atoms with van der Waals surface area (Å²) in [5, 5.41) is 8.81. The second-order valence-electron chi connectivity index (χ2n) is 6.79. The number of primary amides is 1. The Morgan fingerprint density at radius 3 is 3.00 bits per heavy atom. The summed E-state index contributed by atoms with van der Waals surface area (Å²) in [4.78, 5) is 22.3. The quantitative estimate of drug-likeness (QED) is 0.720. The van der Waals surface area contributed by atoms with Gasteiger partial charge in [-0.1, -0.05) is 0 Å². The standard InChI is InChI=1S/C18H22N8O/c1-24-15(11-25-9-7-20-12-25)22-23-17(24)13-4-3-8-26(10-13)18-14(16(19)27)5-2-6-21-18/h2,5-7,9,12-13H,3-4,8,10-11H2,1H3,(H2,19,27). The Labute approximate surface area is 156 Å². The lowest BCUT2D eigenvalue weighted by Crippen LogP contribution is -2.37. The largest absolute Gasteiger partial charge is 0.365 e. The van der Waals surface area contributed by atoms with E-state index in [1.54, 1.807) is 30.9 Å². The fraction of sp³-hybridized carbons (Fsp3) is 0.389. The molecule has 0 aromatic carbocycles. The zero-order valence-electron chi connectivity index (χ0n) is 15.2. The van der Waals surface area contributed by atoms with Crippen LogP contribution in [0.5, 0.6) is 0 Å². The zero-order valence-corrected chi connectivity index (χ0v) is 15.2. The predicted molar refractivity (Wildman–Crippen MR) is 99.3 cm³/mol. The van der Waals surface area contributed by atoms with Crippen molar-refractivity contribution < 1.29 is 4.79 Å². The molecule has 0 spiro atoms. The average molecular weight is 366 g/mol. The van der Waals surface area contributed by atoms with Crippen LogP contribution in [0.25, 0.3) is 0 Å². The number of pyridine rings is 1. The van der Waals surface area contributed by atoms with Gasteiger partial charge in [-0.3, -0.25) is 4.79 Å². The molecule has 0 radical (unpaired) electrons. The number of rotatable bonds is 5. The van der Waals surface area contributed by atoms with Crippen molar-refractivity contribution in [1.29, 1.82) is 0 Å². The third kappa shape index (κ3) is 3.40. The Morgan fingerprint density at radius 2 is 2.22 bits per heavy atom. The first kappa shape index (κ1) is 17.2. The molecule has 1 amide bonds. The van der Waals surface area contributed by atoms with E-state index < -0.39 is 5.91 Å². The summed E-state index contributed by atoms with van der Waals surface area (Å²) in [6.07, 6.45) is 9.12. The fourth-order valence-corrected chi connectivity index (χ4v) is 3.63. The lowest BCUT2D eigenvalue weighted by Gasteiger charge is -2.33. The zero-order chi connectivity index (χ0) is 18.8. The van der Waals surface area contributed by atoms with Crippen molar-refractivity contribution >= 4 is 11.7 Å². The first-order valence-electron chi connectivity index (χ1n) is 8.97. The molecule has 1 saturated heterocycles. The summed E-state index contributed by atoms with van der Waals surface area (Å²) in [5.41, 5.74) is 5.97. The molecule has 9 nitrogen and oxygen atoms in total. The van der Waals surface area contributed by atoms with E-state index in [4.69, 9.17) is 5.73 Å². The lowest BCUT2D eigenvalue weighted by molar-refractivity contribution is 0.100. The molecule has 1 atom stereocenters. The predicted octanol–water partition coefficient (Wildman–Crippen LogP) is 0.938. The molecule has 9 heteroatoms. The fourth-order valence-electron chi connectivity index (χ4n) is 3.63. The Bertz CT molecular complexity index is 933. The number of carbonyl (C=O) groups is 1. The van der Waals surface area contributed by atoms with Gasteiger partial charge in [0.25, 0.3) is 5.91 Å². The topological polar surface area (TPSA) is 108 Å². The van der Waals surface area contributed by atoms with Crippen LogP contribution in [0, 0.1) is 0 Å². The third-order valence-electron chi connectivity index (χ3n) is 5.02. The molecule has 140 valence electrons. The van der Waals surface area contributed by atoms with Gasteiger partial charge in [0.05, 0.1) is 18.4 Å².